The van der Waals surface area contributed by atoms with Gasteiger partial charge in [0.05, 0.1) is 11.6 Å². The molecule has 0 saturated heterocycles. The maximum absolute atomic E-state index is 13.2. The van der Waals surface area contributed by atoms with Gasteiger partial charge in [-0.2, -0.15) is 0 Å². The lowest BCUT2D eigenvalue weighted by molar-refractivity contribution is 0.295. The summed E-state index contributed by atoms with van der Waals surface area (Å²) in [7, 11) is 0. The Balaban J connectivity index is 1.98. The number of halogens is 2. The Bertz CT molecular complexity index is 643. The molecule has 0 spiro atoms. The van der Waals surface area contributed by atoms with Crippen LogP contribution in [0.25, 0.3) is 0 Å². The Morgan fingerprint density at radius 3 is 2.84 bits per heavy atom. The van der Waals surface area contributed by atoms with E-state index in [0.717, 1.165) is 0 Å². The van der Waals surface area contributed by atoms with Crippen molar-refractivity contribution in [3.63, 3.8) is 0 Å². The number of hydrogen-bond donors (Lipinski definition) is 1. The van der Waals surface area contributed by atoms with Gasteiger partial charge >= 0.3 is 0 Å². The predicted molar refractivity (Wildman–Crippen MR) is 72.0 cm³/mol. The first-order chi connectivity index (χ1) is 9.06. The van der Waals surface area contributed by atoms with Gasteiger partial charge in [-0.3, -0.25) is 4.79 Å². The average Bonchev–Trinajstić information content (AvgIpc) is 2.38. The highest BCUT2D eigenvalue weighted by atomic mass is 35.5. The first-order valence-corrected chi connectivity index (χ1v) is 5.98. The molecule has 2 aromatic rings. The third kappa shape index (κ3) is 3.48. The number of nitrogens with two attached hydrogens (primary N) is 1. The molecule has 2 N–H and O–H groups in total. The highest BCUT2D eigenvalue weighted by Crippen LogP contribution is 2.20. The maximum atomic E-state index is 13.2. The number of ether oxygens (including phenoxy) is 1. The first-order valence-electron chi connectivity index (χ1n) is 5.60. The van der Waals surface area contributed by atoms with E-state index in [1.807, 2.05) is 0 Å². The van der Waals surface area contributed by atoms with E-state index in [9.17, 15) is 9.18 Å². The molecule has 0 saturated carbocycles. The van der Waals surface area contributed by atoms with Crippen molar-refractivity contribution < 1.29 is 9.13 Å². The smallest absolute Gasteiger partial charge is 0.250 e. The van der Waals surface area contributed by atoms with E-state index < -0.39 is 5.82 Å². The van der Waals surface area contributed by atoms with E-state index in [0.29, 0.717) is 18.0 Å². The molecule has 6 heteroatoms. The van der Waals surface area contributed by atoms with Gasteiger partial charge in [-0.15, -0.1) is 0 Å². The Morgan fingerprint density at radius 1 is 1.32 bits per heavy atom. The summed E-state index contributed by atoms with van der Waals surface area (Å²) in [6.45, 7) is 0.554. The van der Waals surface area contributed by atoms with Crippen LogP contribution in [0.2, 0.25) is 5.02 Å². The minimum absolute atomic E-state index is 0.0411. The van der Waals surface area contributed by atoms with Crippen molar-refractivity contribution >= 4 is 17.3 Å². The fourth-order valence-corrected chi connectivity index (χ4v) is 1.67. The van der Waals surface area contributed by atoms with Gasteiger partial charge in [-0.1, -0.05) is 11.6 Å². The normalized spacial score (nSPS) is 10.4. The van der Waals surface area contributed by atoms with Crippen LogP contribution in [-0.4, -0.2) is 11.2 Å². The number of hydrogen-bond acceptors (Lipinski definition) is 3. The van der Waals surface area contributed by atoms with Crippen LogP contribution in [0.1, 0.15) is 0 Å². The zero-order valence-electron chi connectivity index (χ0n) is 9.98. The molecule has 0 fully saturated rings. The molecule has 0 aliphatic heterocycles. The number of nitrogens with zero attached hydrogens (tertiary/aromatic N) is 1. The third-order valence-electron chi connectivity index (χ3n) is 2.50. The molecule has 0 amide bonds. The molecule has 1 aromatic carbocycles. The van der Waals surface area contributed by atoms with E-state index in [1.165, 1.54) is 35.0 Å². The molecule has 1 heterocycles. The minimum Gasteiger partial charge on any atom is -0.492 e. The van der Waals surface area contributed by atoms with Gasteiger partial charge in [0, 0.05) is 24.0 Å². The third-order valence-corrected chi connectivity index (χ3v) is 2.80. The largest absolute Gasteiger partial charge is 0.492 e. The lowest BCUT2D eigenvalue weighted by atomic mass is 10.3. The number of pyridine rings is 1. The molecule has 2 rings (SSSR count). The minimum atomic E-state index is -0.541. The standard InChI is InChI=1S/C13H12ClFN2O2/c14-11-3-2-10(7-12(11)15)19-6-5-17-8-9(16)1-4-13(17)18/h1-4,7-8H,5-6,16H2. The molecular weight excluding hydrogens is 271 g/mol. The zero-order valence-corrected chi connectivity index (χ0v) is 10.7. The van der Waals surface area contributed by atoms with Gasteiger partial charge in [0.25, 0.3) is 5.56 Å². The summed E-state index contributed by atoms with van der Waals surface area (Å²) in [4.78, 5) is 11.5. The van der Waals surface area contributed by atoms with Crippen molar-refractivity contribution in [2.75, 3.05) is 12.3 Å². The molecule has 0 aliphatic rings. The molecular formula is C13H12ClFN2O2. The van der Waals surface area contributed by atoms with Crippen LogP contribution in [0.4, 0.5) is 10.1 Å². The second kappa shape index (κ2) is 5.75. The van der Waals surface area contributed by atoms with Crippen molar-refractivity contribution in [1.29, 1.82) is 0 Å². The van der Waals surface area contributed by atoms with Gasteiger partial charge in [-0.05, 0) is 18.2 Å². The quantitative estimate of drug-likeness (QED) is 0.936. The zero-order chi connectivity index (χ0) is 13.8. The van der Waals surface area contributed by atoms with Gasteiger partial charge in [-0.25, -0.2) is 4.39 Å². The Morgan fingerprint density at radius 2 is 2.11 bits per heavy atom. The van der Waals surface area contributed by atoms with Crippen molar-refractivity contribution in [2.45, 2.75) is 6.54 Å². The molecule has 0 aliphatic carbocycles. The van der Waals surface area contributed by atoms with E-state index in [4.69, 9.17) is 22.1 Å². The number of aromatic nitrogens is 1. The van der Waals surface area contributed by atoms with Crippen LogP contribution in [0.3, 0.4) is 0 Å². The number of benzene rings is 1. The molecule has 0 unspecified atom stereocenters. The summed E-state index contributed by atoms with van der Waals surface area (Å²) < 4.78 is 19.9. The second-order valence-electron chi connectivity index (χ2n) is 3.92. The molecule has 4 nitrogen and oxygen atoms in total. The van der Waals surface area contributed by atoms with Crippen LogP contribution in [0.5, 0.6) is 5.75 Å². The van der Waals surface area contributed by atoms with E-state index in [2.05, 4.69) is 0 Å². The van der Waals surface area contributed by atoms with E-state index in [-0.39, 0.29) is 17.2 Å². The Kier molecular flexibility index (Phi) is 4.06. The Hall–Kier alpha value is -2.01. The fourth-order valence-electron chi connectivity index (χ4n) is 1.55. The van der Waals surface area contributed by atoms with Crippen LogP contribution in [0.15, 0.2) is 41.3 Å². The second-order valence-corrected chi connectivity index (χ2v) is 4.33. The molecule has 100 valence electrons. The molecule has 19 heavy (non-hydrogen) atoms. The average molecular weight is 283 g/mol. The maximum Gasteiger partial charge on any atom is 0.250 e. The van der Waals surface area contributed by atoms with Crippen LogP contribution in [-0.2, 0) is 6.54 Å². The van der Waals surface area contributed by atoms with Gasteiger partial charge in [0.1, 0.15) is 18.2 Å². The SMILES string of the molecule is Nc1ccc(=O)n(CCOc2ccc(Cl)c(F)c2)c1. The summed E-state index contributed by atoms with van der Waals surface area (Å²) in [5.41, 5.74) is 5.91. The number of rotatable bonds is 4. The first kappa shape index (κ1) is 13.4. The van der Waals surface area contributed by atoms with Crippen LogP contribution in [0, 0.1) is 5.82 Å². The van der Waals surface area contributed by atoms with E-state index in [1.54, 1.807) is 6.07 Å². The molecule has 0 atom stereocenters. The predicted octanol–water partition coefficient (Wildman–Crippen LogP) is 2.30. The molecule has 0 radical (unpaired) electrons. The molecule has 0 bridgehead atoms. The van der Waals surface area contributed by atoms with Crippen molar-refractivity contribution in [3.8, 4) is 5.75 Å². The summed E-state index contributed by atoms with van der Waals surface area (Å²) in [6, 6.07) is 7.10. The van der Waals surface area contributed by atoms with Crippen molar-refractivity contribution in [3.05, 3.63) is 57.7 Å². The highest BCUT2D eigenvalue weighted by Gasteiger charge is 2.02. The summed E-state index contributed by atoms with van der Waals surface area (Å²) in [5.74, 6) is -0.181. The summed E-state index contributed by atoms with van der Waals surface area (Å²) in [5, 5.41) is 0.0411. The summed E-state index contributed by atoms with van der Waals surface area (Å²) in [6.07, 6.45) is 1.54. The number of nitrogen functional groups attached to an aromatic ring is 1. The Labute approximate surface area is 114 Å². The summed E-state index contributed by atoms with van der Waals surface area (Å²) >= 11 is 5.56. The van der Waals surface area contributed by atoms with Crippen molar-refractivity contribution in [1.82, 2.24) is 4.57 Å². The monoisotopic (exact) mass is 282 g/mol. The number of anilines is 1. The van der Waals surface area contributed by atoms with Gasteiger partial charge < -0.3 is 15.0 Å². The van der Waals surface area contributed by atoms with Crippen LogP contribution >= 0.6 is 11.6 Å². The lowest BCUT2D eigenvalue weighted by Crippen LogP contribution is -2.22. The topological polar surface area (TPSA) is 57.2 Å². The molecule has 1 aromatic heterocycles. The van der Waals surface area contributed by atoms with Crippen LogP contribution < -0.4 is 16.0 Å². The van der Waals surface area contributed by atoms with Gasteiger partial charge in [0.2, 0.25) is 0 Å². The van der Waals surface area contributed by atoms with Crippen molar-refractivity contribution in [2.24, 2.45) is 0 Å². The van der Waals surface area contributed by atoms with Gasteiger partial charge in [0.15, 0.2) is 0 Å². The van der Waals surface area contributed by atoms with E-state index >= 15 is 0 Å². The lowest BCUT2D eigenvalue weighted by Gasteiger charge is -2.09. The highest BCUT2D eigenvalue weighted by molar-refractivity contribution is 6.30. The fraction of sp³-hybridized carbons (Fsp3) is 0.154.